The van der Waals surface area contributed by atoms with Gasteiger partial charge in [0.1, 0.15) is 0 Å². The molecular formula is C21H22N2O2S. The monoisotopic (exact) mass is 366 g/mol. The van der Waals surface area contributed by atoms with E-state index in [0.29, 0.717) is 10.9 Å². The lowest BCUT2D eigenvalue weighted by Gasteiger charge is -2.18. The fourth-order valence-corrected chi connectivity index (χ4v) is 4.73. The average molecular weight is 366 g/mol. The molecule has 1 aliphatic rings. The van der Waals surface area contributed by atoms with Crippen LogP contribution in [0.1, 0.15) is 30.0 Å². The number of aromatic amines is 1. The first-order valence-electron chi connectivity index (χ1n) is 8.84. The van der Waals surface area contributed by atoms with Crippen molar-refractivity contribution in [3.63, 3.8) is 0 Å². The predicted molar refractivity (Wildman–Crippen MR) is 106 cm³/mol. The Morgan fingerprint density at radius 3 is 2.69 bits per heavy atom. The fraction of sp³-hybridized carbons (Fsp3) is 0.238. The summed E-state index contributed by atoms with van der Waals surface area (Å²) < 4.78 is 24.9. The van der Waals surface area contributed by atoms with Gasteiger partial charge in [0.05, 0.1) is 4.90 Å². The van der Waals surface area contributed by atoms with E-state index in [9.17, 15) is 8.42 Å². The molecule has 26 heavy (non-hydrogen) atoms. The Labute approximate surface area is 154 Å². The molecule has 1 aromatic heterocycles. The Hall–Kier alpha value is -2.37. The molecule has 134 valence electrons. The molecule has 0 spiro atoms. The van der Waals surface area contributed by atoms with Gasteiger partial charge in [0.2, 0.25) is 0 Å². The molecule has 4 rings (SSSR count). The second-order valence-electron chi connectivity index (χ2n) is 6.85. The number of fused-ring (bicyclic) bond motifs is 1. The van der Waals surface area contributed by atoms with E-state index < -0.39 is 9.84 Å². The highest BCUT2D eigenvalue weighted by atomic mass is 32.2. The number of sulfone groups is 1. The van der Waals surface area contributed by atoms with Crippen LogP contribution in [-0.4, -0.2) is 31.9 Å². The van der Waals surface area contributed by atoms with Gasteiger partial charge in [0, 0.05) is 28.5 Å². The zero-order valence-corrected chi connectivity index (χ0v) is 15.5. The molecule has 0 saturated carbocycles. The van der Waals surface area contributed by atoms with Crippen molar-refractivity contribution >= 4 is 26.8 Å². The van der Waals surface area contributed by atoms with Crippen LogP contribution in [0.2, 0.25) is 0 Å². The van der Waals surface area contributed by atoms with E-state index in [2.05, 4.69) is 29.2 Å². The van der Waals surface area contributed by atoms with Crippen LogP contribution in [0.5, 0.6) is 0 Å². The topological polar surface area (TPSA) is 53.2 Å². The van der Waals surface area contributed by atoms with E-state index in [4.69, 9.17) is 0 Å². The molecule has 0 aliphatic carbocycles. The number of nitrogens with one attached hydrogen (secondary N) is 1. The third-order valence-electron chi connectivity index (χ3n) is 5.13. The third-order valence-corrected chi connectivity index (χ3v) is 6.55. The minimum Gasteiger partial charge on any atom is -0.361 e. The summed E-state index contributed by atoms with van der Waals surface area (Å²) in [5, 5.41) is 2.46. The van der Waals surface area contributed by atoms with Gasteiger partial charge in [-0.15, -0.1) is 0 Å². The number of hydrogen-bond donors (Lipinski definition) is 1. The van der Waals surface area contributed by atoms with E-state index in [-0.39, 0.29) is 0 Å². The summed E-state index contributed by atoms with van der Waals surface area (Å²) >= 11 is 0. The van der Waals surface area contributed by atoms with Crippen LogP contribution >= 0.6 is 0 Å². The van der Waals surface area contributed by atoms with E-state index >= 15 is 0 Å². The third kappa shape index (κ3) is 3.20. The summed E-state index contributed by atoms with van der Waals surface area (Å²) in [6.45, 7) is 1.12. The Balaban J connectivity index is 1.67. The fourth-order valence-electron chi connectivity index (χ4n) is 3.70. The number of H-pyrrole nitrogens is 1. The van der Waals surface area contributed by atoms with E-state index in [1.807, 2.05) is 18.2 Å². The second kappa shape index (κ2) is 6.74. The summed E-state index contributed by atoms with van der Waals surface area (Å²) in [7, 11) is -1.27. The summed E-state index contributed by atoms with van der Waals surface area (Å²) in [6.07, 6.45) is 6.14. The molecule has 3 aromatic rings. The zero-order valence-electron chi connectivity index (χ0n) is 14.7. The van der Waals surface area contributed by atoms with Gasteiger partial charge in [-0.05, 0) is 67.9 Å². The Morgan fingerprint density at radius 1 is 1.15 bits per heavy atom. The lowest BCUT2D eigenvalue weighted by Crippen LogP contribution is -2.17. The van der Waals surface area contributed by atoms with Crippen LogP contribution in [0.15, 0.2) is 65.0 Å². The van der Waals surface area contributed by atoms with Crippen LogP contribution in [0, 0.1) is 0 Å². The first-order chi connectivity index (χ1) is 12.5. The molecule has 1 N–H and O–H groups in total. The van der Waals surface area contributed by atoms with Gasteiger partial charge in [0.15, 0.2) is 9.84 Å². The summed E-state index contributed by atoms with van der Waals surface area (Å²) in [4.78, 5) is 6.03. The molecule has 2 heterocycles. The minimum absolute atomic E-state index is 0.312. The highest BCUT2D eigenvalue weighted by molar-refractivity contribution is 7.94. The van der Waals surface area contributed by atoms with Crippen LogP contribution < -0.4 is 0 Å². The van der Waals surface area contributed by atoms with Gasteiger partial charge < -0.3 is 4.98 Å². The SMILES string of the molecule is CN1CCCC1c1c[nH]c2ccc(/C=C/S(=O)(=O)c3ccccc3)cc12. The maximum absolute atomic E-state index is 12.4. The highest BCUT2D eigenvalue weighted by Crippen LogP contribution is 2.35. The van der Waals surface area contributed by atoms with Crippen molar-refractivity contribution in [3.8, 4) is 0 Å². The van der Waals surface area contributed by atoms with Crippen LogP contribution in [0.3, 0.4) is 0 Å². The molecule has 1 saturated heterocycles. The molecule has 1 aliphatic heterocycles. The molecule has 0 bridgehead atoms. The van der Waals surface area contributed by atoms with Gasteiger partial charge in [-0.1, -0.05) is 24.3 Å². The van der Waals surface area contributed by atoms with Crippen molar-refractivity contribution < 1.29 is 8.42 Å². The normalized spacial score (nSPS) is 18.9. The van der Waals surface area contributed by atoms with E-state index in [0.717, 1.165) is 24.0 Å². The first-order valence-corrected chi connectivity index (χ1v) is 10.4. The maximum Gasteiger partial charge on any atom is 0.199 e. The van der Waals surface area contributed by atoms with Crippen LogP contribution in [0.4, 0.5) is 0 Å². The molecule has 0 radical (unpaired) electrons. The minimum atomic E-state index is -3.43. The van der Waals surface area contributed by atoms with Crippen molar-refractivity contribution in [2.75, 3.05) is 13.6 Å². The number of aromatic nitrogens is 1. The standard InChI is InChI=1S/C21H22N2O2S/c1-23-12-5-8-21(23)19-15-22-20-10-9-16(14-18(19)20)11-13-26(24,25)17-6-3-2-4-7-17/h2-4,6-7,9-11,13-15,21-22H,5,8,12H2,1H3/b13-11+. The predicted octanol–water partition coefficient (Wildman–Crippen LogP) is 4.38. The first kappa shape index (κ1) is 17.1. The molecular weight excluding hydrogens is 344 g/mol. The van der Waals surface area contributed by atoms with Crippen LogP contribution in [0.25, 0.3) is 17.0 Å². The highest BCUT2D eigenvalue weighted by Gasteiger charge is 2.24. The van der Waals surface area contributed by atoms with Crippen LogP contribution in [-0.2, 0) is 9.84 Å². The molecule has 4 nitrogen and oxygen atoms in total. The van der Waals surface area contributed by atoms with Crippen molar-refractivity contribution in [1.29, 1.82) is 0 Å². The molecule has 5 heteroatoms. The molecule has 1 atom stereocenters. The Morgan fingerprint density at radius 2 is 1.96 bits per heavy atom. The maximum atomic E-state index is 12.4. The lowest BCUT2D eigenvalue weighted by atomic mass is 10.0. The number of benzene rings is 2. The van der Waals surface area contributed by atoms with Gasteiger partial charge in [-0.2, -0.15) is 0 Å². The van der Waals surface area contributed by atoms with Gasteiger partial charge >= 0.3 is 0 Å². The summed E-state index contributed by atoms with van der Waals surface area (Å²) in [6, 6.07) is 15.0. The molecule has 0 amide bonds. The summed E-state index contributed by atoms with van der Waals surface area (Å²) in [5.41, 5.74) is 3.27. The number of nitrogens with zero attached hydrogens (tertiary/aromatic N) is 1. The van der Waals surface area contributed by atoms with E-state index in [1.165, 1.54) is 22.8 Å². The van der Waals surface area contributed by atoms with E-state index in [1.54, 1.807) is 30.3 Å². The Bertz CT molecular complexity index is 1050. The summed E-state index contributed by atoms with van der Waals surface area (Å²) in [5.74, 6) is 0. The lowest BCUT2D eigenvalue weighted by molar-refractivity contribution is 0.319. The number of likely N-dealkylation sites (tertiary alicyclic amines) is 1. The van der Waals surface area contributed by atoms with Crippen molar-refractivity contribution in [2.24, 2.45) is 0 Å². The quantitative estimate of drug-likeness (QED) is 0.745. The van der Waals surface area contributed by atoms with Crippen molar-refractivity contribution in [2.45, 2.75) is 23.8 Å². The largest absolute Gasteiger partial charge is 0.361 e. The zero-order chi connectivity index (χ0) is 18.1. The van der Waals surface area contributed by atoms with Crippen molar-refractivity contribution in [1.82, 2.24) is 9.88 Å². The van der Waals surface area contributed by atoms with Gasteiger partial charge in [0.25, 0.3) is 0 Å². The second-order valence-corrected chi connectivity index (χ2v) is 8.68. The smallest absolute Gasteiger partial charge is 0.199 e. The number of rotatable bonds is 4. The van der Waals surface area contributed by atoms with Gasteiger partial charge in [-0.25, -0.2) is 8.42 Å². The molecule has 2 aromatic carbocycles. The molecule has 1 fully saturated rings. The Kier molecular flexibility index (Phi) is 4.42. The van der Waals surface area contributed by atoms with Gasteiger partial charge in [-0.3, -0.25) is 4.90 Å². The van der Waals surface area contributed by atoms with Crippen molar-refractivity contribution in [3.05, 3.63) is 71.3 Å². The molecule has 1 unspecified atom stereocenters. The number of hydrogen-bond acceptors (Lipinski definition) is 3. The average Bonchev–Trinajstić information content (AvgIpc) is 3.26.